The van der Waals surface area contributed by atoms with Crippen LogP contribution in [-0.4, -0.2) is 43.1 Å². The number of carbonyl (C=O) groups is 1. The minimum Gasteiger partial charge on any atom is -0.369 e. The van der Waals surface area contributed by atoms with Crippen molar-refractivity contribution >= 4 is 23.7 Å². The molecular formula is C22H28N2OS. The Morgan fingerprint density at radius 2 is 1.77 bits per heavy atom. The van der Waals surface area contributed by atoms with E-state index in [0.29, 0.717) is 6.42 Å². The molecule has 0 atom stereocenters. The van der Waals surface area contributed by atoms with Crippen LogP contribution in [0.3, 0.4) is 0 Å². The Balaban J connectivity index is 1.67. The molecule has 1 fully saturated rings. The number of hydrogen-bond donors (Lipinski definition) is 0. The smallest absolute Gasteiger partial charge is 0.124 e. The van der Waals surface area contributed by atoms with Gasteiger partial charge in [-0.2, -0.15) is 0 Å². The van der Waals surface area contributed by atoms with Gasteiger partial charge in [0, 0.05) is 49.7 Å². The van der Waals surface area contributed by atoms with Gasteiger partial charge in [0.15, 0.2) is 0 Å². The zero-order valence-electron chi connectivity index (χ0n) is 15.6. The summed E-state index contributed by atoms with van der Waals surface area (Å²) in [5.74, 6) is 1.10. The molecule has 0 amide bonds. The predicted octanol–water partition coefficient (Wildman–Crippen LogP) is 4.25. The van der Waals surface area contributed by atoms with E-state index in [0.717, 1.165) is 51.2 Å². The lowest BCUT2D eigenvalue weighted by Gasteiger charge is -2.37. The molecule has 3 nitrogen and oxygen atoms in total. The lowest BCUT2D eigenvalue weighted by Crippen LogP contribution is -2.46. The standard InChI is InChI=1S/C22H28N2OS/c1-2-17-26-22-10-6-9-21(20(22)11-16-25)24-14-12-23(13-15-24)18-19-7-4-3-5-8-19/h3-10,16H,2,11-15,17-18H2,1H3. The van der Waals surface area contributed by atoms with Gasteiger partial charge in [-0.05, 0) is 35.4 Å². The average molecular weight is 369 g/mol. The first-order chi connectivity index (χ1) is 12.8. The number of benzene rings is 2. The van der Waals surface area contributed by atoms with Gasteiger partial charge in [-0.1, -0.05) is 43.3 Å². The zero-order chi connectivity index (χ0) is 18.2. The Morgan fingerprint density at radius 3 is 2.46 bits per heavy atom. The van der Waals surface area contributed by atoms with Crippen LogP contribution in [-0.2, 0) is 17.8 Å². The summed E-state index contributed by atoms with van der Waals surface area (Å²) in [6.07, 6.45) is 2.69. The fourth-order valence-electron chi connectivity index (χ4n) is 3.47. The van der Waals surface area contributed by atoms with Crippen LogP contribution in [0.4, 0.5) is 5.69 Å². The molecule has 1 aliphatic rings. The summed E-state index contributed by atoms with van der Waals surface area (Å²) < 4.78 is 0. The Kier molecular flexibility index (Phi) is 7.15. The average Bonchev–Trinajstić information content (AvgIpc) is 2.69. The molecule has 138 valence electrons. The molecule has 26 heavy (non-hydrogen) atoms. The summed E-state index contributed by atoms with van der Waals surface area (Å²) in [6, 6.07) is 17.2. The number of thioether (sulfide) groups is 1. The minimum atomic E-state index is 0.506. The van der Waals surface area contributed by atoms with Gasteiger partial charge < -0.3 is 9.69 Å². The molecule has 0 N–H and O–H groups in total. The number of rotatable bonds is 8. The van der Waals surface area contributed by atoms with Crippen molar-refractivity contribution in [3.05, 3.63) is 59.7 Å². The highest BCUT2D eigenvalue weighted by Gasteiger charge is 2.20. The maximum atomic E-state index is 11.3. The normalized spacial score (nSPS) is 15.2. The maximum Gasteiger partial charge on any atom is 0.124 e. The summed E-state index contributed by atoms with van der Waals surface area (Å²) >= 11 is 1.87. The van der Waals surface area contributed by atoms with Gasteiger partial charge in [0.1, 0.15) is 6.29 Å². The van der Waals surface area contributed by atoms with E-state index < -0.39 is 0 Å². The van der Waals surface area contributed by atoms with Crippen molar-refractivity contribution in [3.8, 4) is 0 Å². The zero-order valence-corrected chi connectivity index (χ0v) is 16.4. The van der Waals surface area contributed by atoms with E-state index >= 15 is 0 Å². The third kappa shape index (κ3) is 4.89. The first-order valence-corrected chi connectivity index (χ1v) is 10.5. The van der Waals surface area contributed by atoms with Gasteiger partial charge in [0.25, 0.3) is 0 Å². The third-order valence-electron chi connectivity index (χ3n) is 4.82. The molecule has 3 rings (SSSR count). The van der Waals surface area contributed by atoms with Gasteiger partial charge >= 0.3 is 0 Å². The van der Waals surface area contributed by atoms with Crippen LogP contribution in [0.15, 0.2) is 53.4 Å². The van der Waals surface area contributed by atoms with E-state index in [1.807, 2.05) is 11.8 Å². The van der Waals surface area contributed by atoms with Crippen LogP contribution in [0.2, 0.25) is 0 Å². The number of anilines is 1. The SMILES string of the molecule is CCCSc1cccc(N2CCN(Cc3ccccc3)CC2)c1CC=O. The van der Waals surface area contributed by atoms with Gasteiger partial charge in [-0.3, -0.25) is 4.90 Å². The van der Waals surface area contributed by atoms with Crippen molar-refractivity contribution in [2.45, 2.75) is 31.2 Å². The lowest BCUT2D eigenvalue weighted by atomic mass is 10.1. The summed E-state index contributed by atoms with van der Waals surface area (Å²) in [5, 5.41) is 0. The second-order valence-electron chi connectivity index (χ2n) is 6.72. The molecule has 0 bridgehead atoms. The van der Waals surface area contributed by atoms with E-state index in [9.17, 15) is 4.79 Å². The fraction of sp³-hybridized carbons (Fsp3) is 0.409. The summed E-state index contributed by atoms with van der Waals surface area (Å²) in [7, 11) is 0. The van der Waals surface area contributed by atoms with Crippen LogP contribution < -0.4 is 4.90 Å². The van der Waals surface area contributed by atoms with Crippen LogP contribution in [0.1, 0.15) is 24.5 Å². The molecule has 0 aliphatic carbocycles. The van der Waals surface area contributed by atoms with E-state index in [4.69, 9.17) is 0 Å². The van der Waals surface area contributed by atoms with Crippen molar-refractivity contribution in [3.63, 3.8) is 0 Å². The number of aldehydes is 1. The van der Waals surface area contributed by atoms with Crippen molar-refractivity contribution in [1.82, 2.24) is 4.90 Å². The summed E-state index contributed by atoms with van der Waals surface area (Å²) in [4.78, 5) is 17.5. The third-order valence-corrected chi connectivity index (χ3v) is 6.13. The number of nitrogens with zero attached hydrogens (tertiary/aromatic N) is 2. The van der Waals surface area contributed by atoms with E-state index in [1.165, 1.54) is 21.7 Å². The maximum absolute atomic E-state index is 11.3. The summed E-state index contributed by atoms with van der Waals surface area (Å²) in [6.45, 7) is 7.36. The second-order valence-corrected chi connectivity index (χ2v) is 7.86. The van der Waals surface area contributed by atoms with Crippen LogP contribution in [0, 0.1) is 0 Å². The van der Waals surface area contributed by atoms with E-state index in [1.54, 1.807) is 0 Å². The quantitative estimate of drug-likeness (QED) is 0.513. The monoisotopic (exact) mass is 368 g/mol. The molecule has 0 unspecified atom stereocenters. The van der Waals surface area contributed by atoms with Crippen LogP contribution >= 0.6 is 11.8 Å². The minimum absolute atomic E-state index is 0.506. The van der Waals surface area contributed by atoms with Gasteiger partial charge in [-0.15, -0.1) is 11.8 Å². The van der Waals surface area contributed by atoms with Crippen molar-refractivity contribution in [2.24, 2.45) is 0 Å². The molecule has 0 radical (unpaired) electrons. The number of hydrogen-bond acceptors (Lipinski definition) is 4. The van der Waals surface area contributed by atoms with Gasteiger partial charge in [0.2, 0.25) is 0 Å². The number of piperazine rings is 1. The second kappa shape index (κ2) is 9.79. The molecule has 0 aromatic heterocycles. The highest BCUT2D eigenvalue weighted by molar-refractivity contribution is 7.99. The Morgan fingerprint density at radius 1 is 1.00 bits per heavy atom. The van der Waals surface area contributed by atoms with Gasteiger partial charge in [0.05, 0.1) is 0 Å². The Hall–Kier alpha value is -1.78. The highest BCUT2D eigenvalue weighted by Crippen LogP contribution is 2.32. The predicted molar refractivity (Wildman–Crippen MR) is 111 cm³/mol. The molecule has 1 saturated heterocycles. The summed E-state index contributed by atoms with van der Waals surface area (Å²) in [5.41, 5.74) is 3.83. The van der Waals surface area contributed by atoms with Crippen molar-refractivity contribution in [1.29, 1.82) is 0 Å². The number of carbonyl (C=O) groups excluding carboxylic acids is 1. The first-order valence-electron chi connectivity index (χ1n) is 9.51. The molecule has 2 aromatic carbocycles. The molecule has 4 heteroatoms. The largest absolute Gasteiger partial charge is 0.369 e. The first kappa shape index (κ1) is 19.0. The van der Waals surface area contributed by atoms with Crippen molar-refractivity contribution in [2.75, 3.05) is 36.8 Å². The molecule has 0 spiro atoms. The van der Waals surface area contributed by atoms with Crippen LogP contribution in [0.25, 0.3) is 0 Å². The molecule has 1 aliphatic heterocycles. The van der Waals surface area contributed by atoms with Gasteiger partial charge in [-0.25, -0.2) is 0 Å². The lowest BCUT2D eigenvalue weighted by molar-refractivity contribution is -0.107. The molecule has 0 saturated carbocycles. The van der Waals surface area contributed by atoms with Crippen molar-refractivity contribution < 1.29 is 4.79 Å². The van der Waals surface area contributed by atoms with Crippen LogP contribution in [0.5, 0.6) is 0 Å². The van der Waals surface area contributed by atoms with E-state index in [2.05, 4.69) is 65.3 Å². The Labute approximate surface area is 161 Å². The molecular weight excluding hydrogens is 340 g/mol. The Bertz CT molecular complexity index is 697. The van der Waals surface area contributed by atoms with E-state index in [-0.39, 0.29) is 0 Å². The fourth-order valence-corrected chi connectivity index (χ4v) is 4.44. The molecule has 2 aromatic rings. The molecule has 1 heterocycles. The topological polar surface area (TPSA) is 23.6 Å². The highest BCUT2D eigenvalue weighted by atomic mass is 32.2.